The van der Waals surface area contributed by atoms with Crippen molar-refractivity contribution in [1.82, 2.24) is 4.90 Å². The number of thiophene rings is 1. The molecule has 3 N–H and O–H groups in total. The van der Waals surface area contributed by atoms with Gasteiger partial charge in [-0.3, -0.25) is 0 Å². The summed E-state index contributed by atoms with van der Waals surface area (Å²) < 4.78 is 47.1. The number of rotatable bonds is 7. The lowest BCUT2D eigenvalue weighted by molar-refractivity contribution is 0.316. The van der Waals surface area contributed by atoms with Crippen LogP contribution in [0.5, 0.6) is 0 Å². The van der Waals surface area contributed by atoms with Gasteiger partial charge in [0.05, 0.1) is 21.5 Å². The van der Waals surface area contributed by atoms with E-state index in [-0.39, 0.29) is 15.8 Å². The maximum atomic E-state index is 12.1. The lowest BCUT2D eigenvalue weighted by Crippen LogP contribution is -2.26. The molecule has 2 aromatic rings. The second kappa shape index (κ2) is 7.42. The van der Waals surface area contributed by atoms with Crippen molar-refractivity contribution in [3.05, 3.63) is 40.6 Å². The van der Waals surface area contributed by atoms with E-state index < -0.39 is 19.9 Å². The molecule has 2 rings (SSSR count). The Bertz CT molecular complexity index is 936. The van der Waals surface area contributed by atoms with Crippen molar-refractivity contribution in [2.24, 2.45) is 5.14 Å². The molecule has 0 amide bonds. The normalized spacial score (nSPS) is 13.8. The highest BCUT2D eigenvalue weighted by Crippen LogP contribution is 2.27. The van der Waals surface area contributed by atoms with Gasteiger partial charge in [-0.15, -0.1) is 11.3 Å². The van der Waals surface area contributed by atoms with Gasteiger partial charge in [0.2, 0.25) is 10.0 Å². The first-order chi connectivity index (χ1) is 11.5. The summed E-state index contributed by atoms with van der Waals surface area (Å²) >= 11 is 1.61. The molecule has 1 unspecified atom stereocenters. The average molecular weight is 404 g/mol. The van der Waals surface area contributed by atoms with Crippen LogP contribution in [0.4, 0.5) is 5.69 Å². The number of benzene rings is 1. The molecule has 138 valence electrons. The molecule has 7 nitrogen and oxygen atoms in total. The molecule has 0 aliphatic carbocycles. The van der Waals surface area contributed by atoms with Gasteiger partial charge in [-0.25, -0.2) is 22.0 Å². The first-order valence-corrected chi connectivity index (χ1v) is 11.6. The molecule has 0 bridgehead atoms. The quantitative estimate of drug-likeness (QED) is 0.725. The van der Waals surface area contributed by atoms with Gasteiger partial charge in [0.15, 0.2) is 9.84 Å². The third-order valence-electron chi connectivity index (χ3n) is 3.66. The summed E-state index contributed by atoms with van der Waals surface area (Å²) in [6.45, 7) is 0.463. The standard InChI is InChI=1S/C15H21N3O4S3/c1-18(2)13(14-5-4-8-23-14)10-17-12-7-6-11(25(16,21)22)9-15(12)24(3,19)20/h4-9,13,17H,10H2,1-3H3,(H2,16,21,22). The van der Waals surface area contributed by atoms with Crippen LogP contribution < -0.4 is 10.5 Å². The monoisotopic (exact) mass is 403 g/mol. The Morgan fingerprint density at radius 1 is 1.20 bits per heavy atom. The Morgan fingerprint density at radius 3 is 2.36 bits per heavy atom. The highest BCUT2D eigenvalue weighted by Gasteiger charge is 2.20. The summed E-state index contributed by atoms with van der Waals surface area (Å²) in [5.41, 5.74) is 0.346. The lowest BCUT2D eigenvalue weighted by atomic mass is 10.2. The maximum Gasteiger partial charge on any atom is 0.238 e. The average Bonchev–Trinajstić information content (AvgIpc) is 2.99. The largest absolute Gasteiger partial charge is 0.382 e. The van der Waals surface area contributed by atoms with Crippen LogP contribution in [0.25, 0.3) is 0 Å². The minimum atomic E-state index is -3.98. The van der Waals surface area contributed by atoms with Crippen molar-refractivity contribution in [1.29, 1.82) is 0 Å². The zero-order valence-electron chi connectivity index (χ0n) is 14.1. The van der Waals surface area contributed by atoms with Crippen molar-refractivity contribution in [3.63, 3.8) is 0 Å². The summed E-state index contributed by atoms with van der Waals surface area (Å²) in [5.74, 6) is 0. The highest BCUT2D eigenvalue weighted by atomic mass is 32.2. The summed E-state index contributed by atoms with van der Waals surface area (Å²) in [4.78, 5) is 2.83. The SMILES string of the molecule is CN(C)C(CNc1ccc(S(N)(=O)=O)cc1S(C)(=O)=O)c1cccs1. The third kappa shape index (κ3) is 5.02. The predicted molar refractivity (Wildman–Crippen MR) is 100 cm³/mol. The molecule has 0 fully saturated rings. The smallest absolute Gasteiger partial charge is 0.238 e. The zero-order valence-corrected chi connectivity index (χ0v) is 16.6. The topological polar surface area (TPSA) is 110 Å². The number of hydrogen-bond donors (Lipinski definition) is 2. The first kappa shape index (κ1) is 19.9. The molecule has 25 heavy (non-hydrogen) atoms. The Morgan fingerprint density at radius 2 is 1.88 bits per heavy atom. The van der Waals surface area contributed by atoms with Crippen LogP contribution in [-0.2, 0) is 19.9 Å². The highest BCUT2D eigenvalue weighted by molar-refractivity contribution is 7.91. The van der Waals surface area contributed by atoms with E-state index in [4.69, 9.17) is 5.14 Å². The summed E-state index contributed by atoms with van der Waals surface area (Å²) in [6.07, 6.45) is 1.03. The molecule has 0 saturated heterocycles. The Balaban J connectivity index is 2.36. The molecule has 0 radical (unpaired) electrons. The number of anilines is 1. The van der Waals surface area contributed by atoms with Gasteiger partial charge in [-0.1, -0.05) is 6.07 Å². The van der Waals surface area contributed by atoms with Crippen LogP contribution in [0.1, 0.15) is 10.9 Å². The molecule has 1 heterocycles. The number of nitrogens with one attached hydrogen (secondary N) is 1. The third-order valence-corrected chi connectivity index (χ3v) is 6.68. The fraction of sp³-hybridized carbons (Fsp3) is 0.333. The number of primary sulfonamides is 1. The van der Waals surface area contributed by atoms with E-state index >= 15 is 0 Å². The zero-order chi connectivity index (χ0) is 18.8. The van der Waals surface area contributed by atoms with E-state index in [0.29, 0.717) is 12.2 Å². The Labute approximate surface area is 152 Å². The second-order valence-electron chi connectivity index (χ2n) is 5.85. The molecule has 0 aliphatic rings. The van der Waals surface area contributed by atoms with Crippen LogP contribution in [0, 0.1) is 0 Å². The van der Waals surface area contributed by atoms with E-state index in [2.05, 4.69) is 5.32 Å². The van der Waals surface area contributed by atoms with Gasteiger partial charge >= 0.3 is 0 Å². The van der Waals surface area contributed by atoms with Crippen molar-refractivity contribution in [3.8, 4) is 0 Å². The Kier molecular flexibility index (Phi) is 5.89. The van der Waals surface area contributed by atoms with Crippen LogP contribution in [-0.4, -0.2) is 48.6 Å². The molecule has 0 spiro atoms. The van der Waals surface area contributed by atoms with Gasteiger partial charge in [-0.05, 0) is 43.7 Å². The van der Waals surface area contributed by atoms with E-state index in [1.807, 2.05) is 36.5 Å². The summed E-state index contributed by atoms with van der Waals surface area (Å²) in [5, 5.41) is 10.2. The van der Waals surface area contributed by atoms with E-state index in [0.717, 1.165) is 17.2 Å². The van der Waals surface area contributed by atoms with Crippen molar-refractivity contribution in [2.75, 3.05) is 32.2 Å². The molecule has 1 atom stereocenters. The van der Waals surface area contributed by atoms with Crippen molar-refractivity contribution >= 4 is 36.9 Å². The number of nitrogens with two attached hydrogens (primary N) is 1. The molecule has 0 aliphatic heterocycles. The fourth-order valence-corrected chi connectivity index (χ4v) is 4.78. The van der Waals surface area contributed by atoms with E-state index in [9.17, 15) is 16.8 Å². The van der Waals surface area contributed by atoms with Crippen LogP contribution in [0.2, 0.25) is 0 Å². The first-order valence-electron chi connectivity index (χ1n) is 7.31. The fourth-order valence-electron chi connectivity index (χ4n) is 2.36. The van der Waals surface area contributed by atoms with Gasteiger partial charge < -0.3 is 10.2 Å². The number of sulfone groups is 1. The molecule has 1 aromatic heterocycles. The van der Waals surface area contributed by atoms with Crippen molar-refractivity contribution in [2.45, 2.75) is 15.8 Å². The number of likely N-dealkylation sites (N-methyl/N-ethyl adjacent to an activating group) is 1. The van der Waals surface area contributed by atoms with E-state index in [1.54, 1.807) is 11.3 Å². The number of nitrogens with zero attached hydrogens (tertiary/aromatic N) is 1. The van der Waals surface area contributed by atoms with E-state index in [1.165, 1.54) is 12.1 Å². The summed E-state index contributed by atoms with van der Waals surface area (Å²) in [6, 6.07) is 7.82. The molecule has 10 heteroatoms. The van der Waals surface area contributed by atoms with Crippen LogP contribution in [0.3, 0.4) is 0 Å². The van der Waals surface area contributed by atoms with Gasteiger partial charge in [0.1, 0.15) is 0 Å². The minimum absolute atomic E-state index is 0.0466. The lowest BCUT2D eigenvalue weighted by Gasteiger charge is -2.24. The minimum Gasteiger partial charge on any atom is -0.382 e. The number of sulfonamides is 1. The van der Waals surface area contributed by atoms with Gasteiger partial charge in [0.25, 0.3) is 0 Å². The Hall–Kier alpha value is -1.46. The van der Waals surface area contributed by atoms with Crippen LogP contribution >= 0.6 is 11.3 Å². The second-order valence-corrected chi connectivity index (χ2v) is 10.4. The molecular weight excluding hydrogens is 382 g/mol. The van der Waals surface area contributed by atoms with Gasteiger partial charge in [0, 0.05) is 17.7 Å². The molecule has 0 saturated carbocycles. The molecular formula is C15H21N3O4S3. The van der Waals surface area contributed by atoms with Crippen molar-refractivity contribution < 1.29 is 16.8 Å². The van der Waals surface area contributed by atoms with Gasteiger partial charge in [-0.2, -0.15) is 0 Å². The summed E-state index contributed by atoms with van der Waals surface area (Å²) in [7, 11) is -3.74. The molecule has 1 aromatic carbocycles. The van der Waals surface area contributed by atoms with Crippen LogP contribution in [0.15, 0.2) is 45.5 Å². The number of hydrogen-bond acceptors (Lipinski definition) is 7. The predicted octanol–water partition coefficient (Wildman–Crippen LogP) is 1.51. The maximum absolute atomic E-state index is 12.1.